The number of ether oxygens (including phenoxy) is 2. The Labute approximate surface area is 142 Å². The Morgan fingerprint density at radius 2 is 1.88 bits per heavy atom. The maximum atomic E-state index is 6.06. The van der Waals surface area contributed by atoms with E-state index in [0.29, 0.717) is 12.5 Å². The molecule has 3 heterocycles. The Morgan fingerprint density at radius 3 is 2.67 bits per heavy atom. The Bertz CT molecular complexity index is 707. The van der Waals surface area contributed by atoms with Gasteiger partial charge in [0.1, 0.15) is 6.61 Å². The zero-order valence-electron chi connectivity index (χ0n) is 14.3. The molecule has 0 saturated carbocycles. The van der Waals surface area contributed by atoms with Gasteiger partial charge in [-0.2, -0.15) is 5.10 Å². The number of rotatable bonds is 3. The van der Waals surface area contributed by atoms with Crippen molar-refractivity contribution in [3.8, 4) is 11.5 Å². The molecule has 1 saturated heterocycles. The molecule has 2 aliphatic heterocycles. The first-order valence-corrected chi connectivity index (χ1v) is 8.66. The topological polar surface area (TPSA) is 52.4 Å². The van der Waals surface area contributed by atoms with E-state index >= 15 is 0 Å². The van der Waals surface area contributed by atoms with Gasteiger partial charge in [0, 0.05) is 13.5 Å². The third-order valence-electron chi connectivity index (χ3n) is 4.95. The van der Waals surface area contributed by atoms with Crippen molar-refractivity contribution in [2.24, 2.45) is 13.0 Å². The van der Waals surface area contributed by atoms with Crippen LogP contribution in [-0.4, -0.2) is 46.4 Å². The van der Waals surface area contributed by atoms with Gasteiger partial charge in [0.15, 0.2) is 29.3 Å². The molecule has 6 heteroatoms. The van der Waals surface area contributed by atoms with Crippen LogP contribution in [0.1, 0.15) is 30.6 Å². The van der Waals surface area contributed by atoms with Crippen LogP contribution in [0.2, 0.25) is 0 Å². The molecule has 0 bridgehead atoms. The number of piperidine rings is 1. The van der Waals surface area contributed by atoms with E-state index in [4.69, 9.17) is 14.5 Å². The van der Waals surface area contributed by atoms with Crippen molar-refractivity contribution in [2.75, 3.05) is 26.7 Å². The minimum Gasteiger partial charge on any atom is -0.485 e. The van der Waals surface area contributed by atoms with Gasteiger partial charge in [-0.1, -0.05) is 12.1 Å². The van der Waals surface area contributed by atoms with Crippen LogP contribution in [0, 0.1) is 5.92 Å². The minimum atomic E-state index is -0.205. The average molecular weight is 328 g/mol. The molecule has 4 rings (SSSR count). The Morgan fingerprint density at radius 1 is 1.12 bits per heavy atom. The van der Waals surface area contributed by atoms with Crippen molar-refractivity contribution < 1.29 is 9.47 Å². The zero-order chi connectivity index (χ0) is 16.5. The zero-order valence-corrected chi connectivity index (χ0v) is 14.3. The van der Waals surface area contributed by atoms with Crippen LogP contribution in [0.4, 0.5) is 0 Å². The van der Waals surface area contributed by atoms with Gasteiger partial charge in [0.2, 0.25) is 0 Å². The molecule has 1 unspecified atom stereocenters. The highest BCUT2D eigenvalue weighted by atomic mass is 16.6. The second-order valence-electron chi connectivity index (χ2n) is 6.82. The number of benzene rings is 1. The molecule has 128 valence electrons. The summed E-state index contributed by atoms with van der Waals surface area (Å²) in [6.07, 6.45) is 3.19. The fourth-order valence-electron chi connectivity index (χ4n) is 3.49. The predicted octanol–water partition coefficient (Wildman–Crippen LogP) is 2.21. The lowest BCUT2D eigenvalue weighted by Gasteiger charge is -2.28. The molecule has 24 heavy (non-hydrogen) atoms. The standard InChI is InChI=1S/C18H24N4O2/c1-21-9-7-13(8-10-21)11-17-19-18(22(2)20-17)16-12-23-14-5-3-4-6-15(14)24-16/h3-6,13,16H,7-12H2,1-2H3. The van der Waals surface area contributed by atoms with E-state index in [0.717, 1.165) is 29.6 Å². The molecule has 0 spiro atoms. The number of para-hydroxylation sites is 2. The lowest BCUT2D eigenvalue weighted by Crippen LogP contribution is -2.31. The molecule has 1 atom stereocenters. The molecule has 0 radical (unpaired) electrons. The molecule has 2 aromatic rings. The van der Waals surface area contributed by atoms with Crippen LogP contribution < -0.4 is 9.47 Å². The number of hydrogen-bond donors (Lipinski definition) is 0. The quantitative estimate of drug-likeness (QED) is 0.865. The van der Waals surface area contributed by atoms with Crippen molar-refractivity contribution in [3.05, 3.63) is 35.9 Å². The Kier molecular flexibility index (Phi) is 4.14. The lowest BCUT2D eigenvalue weighted by atomic mass is 9.94. The molecule has 6 nitrogen and oxygen atoms in total. The highest BCUT2D eigenvalue weighted by Gasteiger charge is 2.27. The minimum absolute atomic E-state index is 0.205. The van der Waals surface area contributed by atoms with E-state index in [1.54, 1.807) is 0 Å². The molecule has 0 amide bonds. The molecule has 1 fully saturated rings. The predicted molar refractivity (Wildman–Crippen MR) is 90.2 cm³/mol. The number of likely N-dealkylation sites (tertiary alicyclic amines) is 1. The van der Waals surface area contributed by atoms with Gasteiger partial charge in [-0.15, -0.1) is 0 Å². The molecular weight excluding hydrogens is 304 g/mol. The van der Waals surface area contributed by atoms with Crippen LogP contribution in [0.25, 0.3) is 0 Å². The smallest absolute Gasteiger partial charge is 0.191 e. The summed E-state index contributed by atoms with van der Waals surface area (Å²) in [5.41, 5.74) is 0. The molecule has 1 aromatic heterocycles. The number of nitrogens with zero attached hydrogens (tertiary/aromatic N) is 4. The van der Waals surface area contributed by atoms with Crippen LogP contribution in [0.3, 0.4) is 0 Å². The van der Waals surface area contributed by atoms with Crippen molar-refractivity contribution in [1.82, 2.24) is 19.7 Å². The van der Waals surface area contributed by atoms with Crippen molar-refractivity contribution in [3.63, 3.8) is 0 Å². The summed E-state index contributed by atoms with van der Waals surface area (Å²) in [5, 5.41) is 4.61. The Hall–Kier alpha value is -2.08. The van der Waals surface area contributed by atoms with Gasteiger partial charge in [-0.05, 0) is 51.0 Å². The second kappa shape index (κ2) is 6.43. The van der Waals surface area contributed by atoms with Gasteiger partial charge in [0.05, 0.1) is 0 Å². The van der Waals surface area contributed by atoms with Crippen LogP contribution in [0.15, 0.2) is 24.3 Å². The number of fused-ring (bicyclic) bond motifs is 1. The SMILES string of the molecule is CN1CCC(Cc2nc(C3COc4ccccc4O3)n(C)n2)CC1. The maximum absolute atomic E-state index is 6.06. The third-order valence-corrected chi connectivity index (χ3v) is 4.95. The fourth-order valence-corrected chi connectivity index (χ4v) is 3.49. The van der Waals surface area contributed by atoms with E-state index in [-0.39, 0.29) is 6.10 Å². The summed E-state index contributed by atoms with van der Waals surface area (Å²) in [6.45, 7) is 2.80. The summed E-state index contributed by atoms with van der Waals surface area (Å²) < 4.78 is 13.7. The van der Waals surface area contributed by atoms with E-state index in [1.165, 1.54) is 25.9 Å². The first-order valence-electron chi connectivity index (χ1n) is 8.66. The van der Waals surface area contributed by atoms with Gasteiger partial charge in [-0.3, -0.25) is 0 Å². The lowest BCUT2D eigenvalue weighted by molar-refractivity contribution is 0.0824. The summed E-state index contributed by atoms with van der Waals surface area (Å²) in [4.78, 5) is 7.14. The second-order valence-corrected chi connectivity index (χ2v) is 6.82. The van der Waals surface area contributed by atoms with Crippen molar-refractivity contribution in [2.45, 2.75) is 25.4 Å². The summed E-state index contributed by atoms with van der Waals surface area (Å²) >= 11 is 0. The molecule has 0 N–H and O–H groups in total. The highest BCUT2D eigenvalue weighted by Crippen LogP contribution is 2.35. The number of aromatic nitrogens is 3. The average Bonchev–Trinajstić information content (AvgIpc) is 2.97. The van der Waals surface area contributed by atoms with Crippen molar-refractivity contribution >= 4 is 0 Å². The van der Waals surface area contributed by atoms with Gasteiger partial charge < -0.3 is 14.4 Å². The third kappa shape index (κ3) is 3.11. The van der Waals surface area contributed by atoms with Gasteiger partial charge >= 0.3 is 0 Å². The van der Waals surface area contributed by atoms with E-state index in [1.807, 2.05) is 36.0 Å². The number of hydrogen-bond acceptors (Lipinski definition) is 5. The van der Waals surface area contributed by atoms with E-state index < -0.39 is 0 Å². The van der Waals surface area contributed by atoms with Crippen LogP contribution in [-0.2, 0) is 13.5 Å². The first kappa shape index (κ1) is 15.4. The van der Waals surface area contributed by atoms with Gasteiger partial charge in [0.25, 0.3) is 0 Å². The Balaban J connectivity index is 1.46. The molecule has 0 aliphatic carbocycles. The highest BCUT2D eigenvalue weighted by molar-refractivity contribution is 5.41. The molecule has 2 aliphatic rings. The van der Waals surface area contributed by atoms with Crippen LogP contribution in [0.5, 0.6) is 11.5 Å². The van der Waals surface area contributed by atoms with E-state index in [9.17, 15) is 0 Å². The number of aryl methyl sites for hydroxylation is 1. The fraction of sp³-hybridized carbons (Fsp3) is 0.556. The normalized spacial score (nSPS) is 21.8. The monoisotopic (exact) mass is 328 g/mol. The summed E-state index contributed by atoms with van der Waals surface area (Å²) in [5.74, 6) is 4.01. The van der Waals surface area contributed by atoms with Crippen LogP contribution >= 0.6 is 0 Å². The summed E-state index contributed by atoms with van der Waals surface area (Å²) in [7, 11) is 4.12. The molecular formula is C18H24N4O2. The summed E-state index contributed by atoms with van der Waals surface area (Å²) in [6, 6.07) is 7.75. The van der Waals surface area contributed by atoms with E-state index in [2.05, 4.69) is 17.0 Å². The van der Waals surface area contributed by atoms with Gasteiger partial charge in [-0.25, -0.2) is 9.67 Å². The van der Waals surface area contributed by atoms with Crippen molar-refractivity contribution in [1.29, 1.82) is 0 Å². The first-order chi connectivity index (χ1) is 11.7. The largest absolute Gasteiger partial charge is 0.485 e. The maximum Gasteiger partial charge on any atom is 0.191 e. The molecule has 1 aromatic carbocycles.